The maximum atomic E-state index is 12.7. The fraction of sp³-hybridized carbons (Fsp3) is 0.150. The number of carboxylic acid groups (broad SMARTS) is 1. The third-order valence-corrected chi connectivity index (χ3v) is 5.02. The molecule has 1 saturated heterocycles. The van der Waals surface area contributed by atoms with Crippen molar-refractivity contribution < 1.29 is 24.6 Å². The van der Waals surface area contributed by atoms with E-state index < -0.39 is 23.7 Å². The maximum Gasteiger partial charge on any atom is 0.305 e. The van der Waals surface area contributed by atoms with Crippen LogP contribution >= 0.6 is 23.2 Å². The molecule has 0 saturated carbocycles. The average Bonchev–Trinajstić information content (AvgIpc) is 2.91. The second-order valence-electron chi connectivity index (χ2n) is 6.16. The molecule has 8 heteroatoms. The van der Waals surface area contributed by atoms with Crippen molar-refractivity contribution in [1.82, 2.24) is 4.90 Å². The molecule has 0 radical (unpaired) electrons. The van der Waals surface area contributed by atoms with Crippen LogP contribution in [0.25, 0.3) is 5.76 Å². The Kier molecular flexibility index (Phi) is 5.72. The Bertz CT molecular complexity index is 984. The lowest BCUT2D eigenvalue weighted by atomic mass is 9.95. The van der Waals surface area contributed by atoms with Gasteiger partial charge in [-0.1, -0.05) is 41.4 Å². The van der Waals surface area contributed by atoms with Crippen molar-refractivity contribution in [2.24, 2.45) is 0 Å². The van der Waals surface area contributed by atoms with Gasteiger partial charge in [0.2, 0.25) is 0 Å². The van der Waals surface area contributed by atoms with E-state index in [0.29, 0.717) is 16.1 Å². The van der Waals surface area contributed by atoms with E-state index in [1.165, 1.54) is 12.1 Å². The molecule has 1 fully saturated rings. The van der Waals surface area contributed by atoms with Gasteiger partial charge in [-0.2, -0.15) is 0 Å². The normalized spacial score (nSPS) is 18.5. The predicted molar refractivity (Wildman–Crippen MR) is 104 cm³/mol. The van der Waals surface area contributed by atoms with E-state index in [4.69, 9.17) is 28.3 Å². The molecular formula is C20H15Cl2NO5. The molecule has 0 aliphatic carbocycles. The monoisotopic (exact) mass is 419 g/mol. The number of aliphatic hydroxyl groups excluding tert-OH is 1. The highest BCUT2D eigenvalue weighted by atomic mass is 35.5. The van der Waals surface area contributed by atoms with Crippen molar-refractivity contribution in [1.29, 1.82) is 0 Å². The summed E-state index contributed by atoms with van der Waals surface area (Å²) in [6.45, 7) is -0.201. The van der Waals surface area contributed by atoms with Crippen LogP contribution in [0.3, 0.4) is 0 Å². The Morgan fingerprint density at radius 2 is 1.64 bits per heavy atom. The molecule has 1 atom stereocenters. The van der Waals surface area contributed by atoms with Crippen LogP contribution in [-0.2, 0) is 14.4 Å². The van der Waals surface area contributed by atoms with Crippen molar-refractivity contribution >= 4 is 46.6 Å². The minimum atomic E-state index is -1.11. The molecule has 2 N–H and O–H groups in total. The summed E-state index contributed by atoms with van der Waals surface area (Å²) in [4.78, 5) is 37.4. The number of hydrogen-bond acceptors (Lipinski definition) is 4. The summed E-state index contributed by atoms with van der Waals surface area (Å²) in [7, 11) is 0. The molecule has 1 aliphatic rings. The minimum absolute atomic E-state index is 0.147. The van der Waals surface area contributed by atoms with E-state index in [-0.39, 0.29) is 29.3 Å². The molecule has 0 aromatic heterocycles. The van der Waals surface area contributed by atoms with Crippen LogP contribution in [-0.4, -0.2) is 39.3 Å². The van der Waals surface area contributed by atoms with Crippen LogP contribution < -0.4 is 0 Å². The first kappa shape index (κ1) is 19.9. The summed E-state index contributed by atoms with van der Waals surface area (Å²) in [5, 5.41) is 20.5. The van der Waals surface area contributed by atoms with Crippen LogP contribution in [0.4, 0.5) is 0 Å². The molecule has 0 spiro atoms. The topological polar surface area (TPSA) is 94.9 Å². The number of aliphatic carboxylic acids is 1. The SMILES string of the molecule is O=C(O)CCN1C(=O)C(=O)/C(=C(/O)c2ccc(Cl)cc2)[C@@H]1c1ccccc1Cl. The molecule has 2 aromatic carbocycles. The molecule has 0 unspecified atom stereocenters. The van der Waals surface area contributed by atoms with E-state index in [9.17, 15) is 19.5 Å². The summed E-state index contributed by atoms with van der Waals surface area (Å²) in [5.74, 6) is -3.28. The first-order valence-corrected chi connectivity index (χ1v) is 9.07. The highest BCUT2D eigenvalue weighted by Gasteiger charge is 2.46. The van der Waals surface area contributed by atoms with Gasteiger partial charge in [0.1, 0.15) is 5.76 Å². The highest BCUT2D eigenvalue weighted by molar-refractivity contribution is 6.47. The van der Waals surface area contributed by atoms with Crippen molar-refractivity contribution in [2.75, 3.05) is 6.54 Å². The molecule has 1 heterocycles. The number of ketones is 1. The fourth-order valence-electron chi connectivity index (χ4n) is 3.11. The van der Waals surface area contributed by atoms with E-state index >= 15 is 0 Å². The van der Waals surface area contributed by atoms with Crippen molar-refractivity contribution in [3.05, 3.63) is 75.3 Å². The third kappa shape index (κ3) is 3.74. The van der Waals surface area contributed by atoms with Crippen LogP contribution in [0.2, 0.25) is 10.0 Å². The number of Topliss-reactive ketones (excluding diaryl/α,β-unsaturated/α-hetero) is 1. The number of aliphatic hydroxyl groups is 1. The van der Waals surface area contributed by atoms with Crippen LogP contribution in [0, 0.1) is 0 Å². The largest absolute Gasteiger partial charge is 0.507 e. The lowest BCUT2D eigenvalue weighted by Crippen LogP contribution is -2.32. The summed E-state index contributed by atoms with van der Waals surface area (Å²) in [6.07, 6.45) is -0.352. The molecule has 28 heavy (non-hydrogen) atoms. The zero-order valence-corrected chi connectivity index (χ0v) is 15.9. The Balaban J connectivity index is 2.18. The van der Waals surface area contributed by atoms with E-state index in [1.54, 1.807) is 36.4 Å². The Hall–Kier alpha value is -2.83. The standard InChI is InChI=1S/C20H15Cl2NO5/c21-12-7-5-11(6-8-12)18(26)16-17(13-3-1-2-4-14(13)22)23(10-9-15(24)25)20(28)19(16)27/h1-8,17,26H,9-10H2,(H,24,25)/b18-16+/t17-/m0/s1. The molecule has 2 aromatic rings. The molecule has 144 valence electrons. The quantitative estimate of drug-likeness (QED) is 0.435. The number of carboxylic acids is 1. The van der Waals surface area contributed by atoms with Gasteiger partial charge in [-0.05, 0) is 35.9 Å². The molecular weight excluding hydrogens is 405 g/mol. The number of carbonyl (C=O) groups excluding carboxylic acids is 2. The first-order chi connectivity index (χ1) is 13.3. The maximum absolute atomic E-state index is 12.7. The van der Waals surface area contributed by atoms with Crippen molar-refractivity contribution in [3.8, 4) is 0 Å². The van der Waals surface area contributed by atoms with E-state index in [1.807, 2.05) is 0 Å². The number of benzene rings is 2. The van der Waals surface area contributed by atoms with Gasteiger partial charge in [0, 0.05) is 22.2 Å². The number of carbonyl (C=O) groups is 3. The van der Waals surface area contributed by atoms with Gasteiger partial charge in [-0.15, -0.1) is 0 Å². The number of hydrogen-bond donors (Lipinski definition) is 2. The van der Waals surface area contributed by atoms with E-state index in [2.05, 4.69) is 0 Å². The summed E-state index contributed by atoms with van der Waals surface area (Å²) in [5.41, 5.74) is 0.577. The van der Waals surface area contributed by atoms with Gasteiger partial charge in [0.25, 0.3) is 11.7 Å². The van der Waals surface area contributed by atoms with Crippen molar-refractivity contribution in [3.63, 3.8) is 0 Å². The predicted octanol–water partition coefficient (Wildman–Crippen LogP) is 3.89. The molecule has 0 bridgehead atoms. The van der Waals surface area contributed by atoms with Gasteiger partial charge in [0.05, 0.1) is 18.0 Å². The van der Waals surface area contributed by atoms with Gasteiger partial charge in [-0.25, -0.2) is 0 Å². The van der Waals surface area contributed by atoms with E-state index in [0.717, 1.165) is 4.90 Å². The summed E-state index contributed by atoms with van der Waals surface area (Å²) in [6, 6.07) is 11.7. The number of halogens is 2. The second-order valence-corrected chi connectivity index (χ2v) is 7.01. The Labute approximate surface area is 170 Å². The number of amides is 1. The van der Waals surface area contributed by atoms with Gasteiger partial charge >= 0.3 is 5.97 Å². The van der Waals surface area contributed by atoms with Crippen LogP contribution in [0.15, 0.2) is 54.1 Å². The molecule has 1 amide bonds. The smallest absolute Gasteiger partial charge is 0.305 e. The highest BCUT2D eigenvalue weighted by Crippen LogP contribution is 2.41. The summed E-state index contributed by atoms with van der Waals surface area (Å²) < 4.78 is 0. The zero-order chi connectivity index (χ0) is 20.4. The fourth-order valence-corrected chi connectivity index (χ4v) is 3.48. The van der Waals surface area contributed by atoms with Gasteiger partial charge in [-0.3, -0.25) is 14.4 Å². The zero-order valence-electron chi connectivity index (χ0n) is 14.4. The van der Waals surface area contributed by atoms with Crippen LogP contribution in [0.5, 0.6) is 0 Å². The lowest BCUT2D eigenvalue weighted by molar-refractivity contribution is -0.142. The number of rotatable bonds is 5. The van der Waals surface area contributed by atoms with Gasteiger partial charge in [0.15, 0.2) is 0 Å². The molecule has 3 rings (SSSR count). The lowest BCUT2D eigenvalue weighted by Gasteiger charge is -2.25. The first-order valence-electron chi connectivity index (χ1n) is 8.32. The number of likely N-dealkylation sites (tertiary alicyclic amines) is 1. The van der Waals surface area contributed by atoms with Gasteiger partial charge < -0.3 is 15.1 Å². The van der Waals surface area contributed by atoms with Crippen LogP contribution in [0.1, 0.15) is 23.6 Å². The minimum Gasteiger partial charge on any atom is -0.507 e. The molecule has 1 aliphatic heterocycles. The third-order valence-electron chi connectivity index (χ3n) is 4.42. The molecule has 6 nitrogen and oxygen atoms in total. The average molecular weight is 420 g/mol. The number of nitrogens with zero attached hydrogens (tertiary/aromatic N) is 1. The summed E-state index contributed by atoms with van der Waals surface area (Å²) >= 11 is 12.1. The second kappa shape index (κ2) is 8.04. The Morgan fingerprint density at radius 3 is 2.25 bits per heavy atom. The van der Waals surface area contributed by atoms with Crippen molar-refractivity contribution in [2.45, 2.75) is 12.5 Å². The Morgan fingerprint density at radius 1 is 1.00 bits per heavy atom.